The lowest BCUT2D eigenvalue weighted by molar-refractivity contribution is 0.0594. The summed E-state index contributed by atoms with van der Waals surface area (Å²) in [5.74, 6) is -2.45. The molecule has 1 heterocycles. The summed E-state index contributed by atoms with van der Waals surface area (Å²) < 4.78 is 5.73. The van der Waals surface area contributed by atoms with Crippen LogP contribution in [0.25, 0.3) is 10.9 Å². The number of carbonyl (C=O) groups is 2. The molecule has 0 aliphatic carbocycles. The molecule has 0 saturated heterocycles. The molecule has 0 aliphatic rings. The highest BCUT2D eigenvalue weighted by Gasteiger charge is 2.22. The molecule has 4 N–H and O–H groups in total. The molecule has 0 atom stereocenters. The van der Waals surface area contributed by atoms with Gasteiger partial charge in [0.1, 0.15) is 11.3 Å². The normalized spacial score (nSPS) is 10.2. The number of halogens is 2. The van der Waals surface area contributed by atoms with Gasteiger partial charge in [0.2, 0.25) is 0 Å². The number of pyridine rings is 1. The SMILES string of the molecule is COC(=O)c1c(O)c2c(Cl)cccc2n(C)c1=O.Nc1cccc(Cl)c1C(=O)O. The Morgan fingerprint density at radius 3 is 2.17 bits per heavy atom. The minimum Gasteiger partial charge on any atom is -0.506 e. The number of aromatic carboxylic acids is 1. The first-order valence-corrected chi connectivity index (χ1v) is 8.73. The fourth-order valence-corrected chi connectivity index (χ4v) is 3.10. The van der Waals surface area contributed by atoms with Crippen LogP contribution in [0.3, 0.4) is 0 Å². The summed E-state index contributed by atoms with van der Waals surface area (Å²) in [6.45, 7) is 0. The second-order valence-corrected chi connectivity index (χ2v) is 6.54. The van der Waals surface area contributed by atoms with Crippen LogP contribution in [-0.2, 0) is 11.8 Å². The maximum atomic E-state index is 12.0. The van der Waals surface area contributed by atoms with E-state index in [0.29, 0.717) is 5.52 Å². The Morgan fingerprint density at radius 2 is 1.66 bits per heavy atom. The lowest BCUT2D eigenvalue weighted by Crippen LogP contribution is -2.25. The molecule has 0 bridgehead atoms. The number of aromatic hydroxyl groups is 1. The average Bonchev–Trinajstić information content (AvgIpc) is 2.66. The Labute approximate surface area is 174 Å². The van der Waals surface area contributed by atoms with Crippen LogP contribution in [0.5, 0.6) is 5.75 Å². The summed E-state index contributed by atoms with van der Waals surface area (Å²) in [4.78, 5) is 34.0. The Morgan fingerprint density at radius 1 is 1.07 bits per heavy atom. The number of methoxy groups -OCH3 is 1. The van der Waals surface area contributed by atoms with Crippen LogP contribution >= 0.6 is 23.2 Å². The highest BCUT2D eigenvalue weighted by Crippen LogP contribution is 2.32. The van der Waals surface area contributed by atoms with E-state index in [-0.39, 0.29) is 26.7 Å². The molecule has 3 aromatic rings. The van der Waals surface area contributed by atoms with Gasteiger partial charge in [0.25, 0.3) is 5.56 Å². The number of nitrogens with two attached hydrogens (primary N) is 1. The summed E-state index contributed by atoms with van der Waals surface area (Å²) in [6, 6.07) is 9.43. The number of anilines is 1. The van der Waals surface area contributed by atoms with Gasteiger partial charge in [-0.3, -0.25) is 4.79 Å². The maximum Gasteiger partial charge on any atom is 0.347 e. The van der Waals surface area contributed by atoms with Gasteiger partial charge in [0.05, 0.1) is 28.1 Å². The van der Waals surface area contributed by atoms with Crippen molar-refractivity contribution < 1.29 is 24.5 Å². The minimum absolute atomic E-state index is 0.0332. The Balaban J connectivity index is 0.000000234. The molecule has 10 heteroatoms. The minimum atomic E-state index is -1.10. The van der Waals surface area contributed by atoms with E-state index in [9.17, 15) is 19.5 Å². The van der Waals surface area contributed by atoms with E-state index in [0.717, 1.165) is 7.11 Å². The highest BCUT2D eigenvalue weighted by atomic mass is 35.5. The number of carbonyl (C=O) groups excluding carboxylic acids is 1. The average molecular weight is 439 g/mol. The Kier molecular flexibility index (Phi) is 6.73. The molecule has 3 rings (SSSR count). The molecule has 1 aromatic heterocycles. The van der Waals surface area contributed by atoms with Gasteiger partial charge in [-0.1, -0.05) is 35.3 Å². The molecular formula is C19H16Cl2N2O6. The predicted molar refractivity (Wildman–Crippen MR) is 110 cm³/mol. The third kappa shape index (κ3) is 4.28. The largest absolute Gasteiger partial charge is 0.506 e. The Bertz CT molecular complexity index is 1150. The first kappa shape index (κ1) is 22.1. The molecule has 0 aliphatic heterocycles. The van der Waals surface area contributed by atoms with Crippen molar-refractivity contribution in [2.45, 2.75) is 0 Å². The van der Waals surface area contributed by atoms with Crippen LogP contribution in [0.1, 0.15) is 20.7 Å². The number of benzene rings is 2. The van der Waals surface area contributed by atoms with Gasteiger partial charge < -0.3 is 25.3 Å². The van der Waals surface area contributed by atoms with Crippen LogP contribution in [-0.4, -0.2) is 33.8 Å². The van der Waals surface area contributed by atoms with Gasteiger partial charge in [-0.2, -0.15) is 0 Å². The second-order valence-electron chi connectivity index (χ2n) is 5.72. The first-order chi connectivity index (χ1) is 13.6. The van der Waals surface area contributed by atoms with Crippen LogP contribution < -0.4 is 11.3 Å². The van der Waals surface area contributed by atoms with Crippen molar-refractivity contribution in [1.29, 1.82) is 0 Å². The third-order valence-corrected chi connectivity index (χ3v) is 4.62. The molecule has 0 unspecified atom stereocenters. The quantitative estimate of drug-likeness (QED) is 0.412. The zero-order valence-electron chi connectivity index (χ0n) is 15.3. The van der Waals surface area contributed by atoms with E-state index in [4.69, 9.17) is 34.0 Å². The van der Waals surface area contributed by atoms with Crippen molar-refractivity contribution in [2.24, 2.45) is 7.05 Å². The zero-order valence-corrected chi connectivity index (χ0v) is 16.8. The van der Waals surface area contributed by atoms with Crippen LogP contribution in [0.2, 0.25) is 10.0 Å². The summed E-state index contributed by atoms with van der Waals surface area (Å²) in [7, 11) is 2.63. The molecule has 29 heavy (non-hydrogen) atoms. The van der Waals surface area contributed by atoms with Gasteiger partial charge in [0.15, 0.2) is 5.56 Å². The molecule has 0 saturated carbocycles. The van der Waals surface area contributed by atoms with Crippen molar-refractivity contribution in [3.63, 3.8) is 0 Å². The number of aromatic nitrogens is 1. The van der Waals surface area contributed by atoms with Crippen LogP contribution in [0.4, 0.5) is 5.69 Å². The number of hydrogen-bond donors (Lipinski definition) is 3. The number of rotatable bonds is 2. The van der Waals surface area contributed by atoms with Crippen LogP contribution in [0, 0.1) is 0 Å². The summed E-state index contributed by atoms with van der Waals surface area (Å²) in [5, 5.41) is 19.3. The number of fused-ring (bicyclic) bond motifs is 1. The number of esters is 1. The van der Waals surface area contributed by atoms with E-state index >= 15 is 0 Å². The van der Waals surface area contributed by atoms with Crippen molar-refractivity contribution in [2.75, 3.05) is 12.8 Å². The summed E-state index contributed by atoms with van der Waals surface area (Å²) >= 11 is 11.5. The third-order valence-electron chi connectivity index (χ3n) is 3.99. The number of aryl methyl sites for hydroxylation is 1. The molecule has 152 valence electrons. The van der Waals surface area contributed by atoms with Gasteiger partial charge in [0, 0.05) is 12.7 Å². The zero-order chi connectivity index (χ0) is 21.9. The van der Waals surface area contributed by atoms with Crippen molar-refractivity contribution in [3.8, 4) is 5.75 Å². The van der Waals surface area contributed by atoms with E-state index in [1.165, 1.54) is 23.7 Å². The topological polar surface area (TPSA) is 132 Å². The number of hydrogen-bond acceptors (Lipinski definition) is 6. The number of nitrogens with zero attached hydrogens (tertiary/aromatic N) is 1. The summed E-state index contributed by atoms with van der Waals surface area (Å²) in [5.41, 5.74) is 4.90. The smallest absolute Gasteiger partial charge is 0.347 e. The number of nitrogen functional groups attached to an aromatic ring is 1. The standard InChI is InChI=1S/C12H10ClNO4.C7H6ClNO2/c1-14-7-5-3-4-6(13)8(7)10(15)9(11(14)16)12(17)18-2;8-4-2-1-3-5(9)6(4)7(10)11/h3-5,15H,1-2H3;1-3H,9H2,(H,10,11). The number of carboxylic acids is 1. The van der Waals surface area contributed by atoms with Gasteiger partial charge in [-0.25, -0.2) is 9.59 Å². The Hall–Kier alpha value is -3.23. The predicted octanol–water partition coefficient (Wildman–Crippen LogP) is 3.30. The number of carboxylic acid groups (broad SMARTS) is 1. The van der Waals surface area contributed by atoms with Crippen molar-refractivity contribution in [3.05, 3.63) is 67.9 Å². The van der Waals surface area contributed by atoms with E-state index in [1.54, 1.807) is 24.3 Å². The molecule has 8 nitrogen and oxygen atoms in total. The van der Waals surface area contributed by atoms with Crippen molar-refractivity contribution >= 4 is 51.7 Å². The van der Waals surface area contributed by atoms with Gasteiger partial charge >= 0.3 is 11.9 Å². The molecule has 0 radical (unpaired) electrons. The fourth-order valence-electron chi connectivity index (χ4n) is 2.58. The molecule has 2 aromatic carbocycles. The van der Waals surface area contributed by atoms with Gasteiger partial charge in [-0.05, 0) is 24.3 Å². The second kappa shape index (κ2) is 8.85. The summed E-state index contributed by atoms with van der Waals surface area (Å²) in [6.07, 6.45) is 0. The first-order valence-electron chi connectivity index (χ1n) is 7.97. The highest BCUT2D eigenvalue weighted by molar-refractivity contribution is 6.36. The van der Waals surface area contributed by atoms with Crippen LogP contribution in [0.15, 0.2) is 41.2 Å². The fraction of sp³-hybridized carbons (Fsp3) is 0.105. The molecule has 0 fully saturated rings. The lowest BCUT2D eigenvalue weighted by atomic mass is 10.1. The van der Waals surface area contributed by atoms with Gasteiger partial charge in [-0.15, -0.1) is 0 Å². The lowest BCUT2D eigenvalue weighted by Gasteiger charge is -2.11. The maximum absolute atomic E-state index is 12.0. The number of ether oxygens (including phenoxy) is 1. The van der Waals surface area contributed by atoms with E-state index < -0.39 is 28.8 Å². The molecule has 0 spiro atoms. The van der Waals surface area contributed by atoms with E-state index in [1.807, 2.05) is 0 Å². The van der Waals surface area contributed by atoms with Crippen molar-refractivity contribution in [1.82, 2.24) is 4.57 Å². The van der Waals surface area contributed by atoms with E-state index in [2.05, 4.69) is 4.74 Å². The molecule has 0 amide bonds. The molecular weight excluding hydrogens is 423 g/mol. The monoisotopic (exact) mass is 438 g/mol.